The van der Waals surface area contributed by atoms with E-state index in [1.807, 2.05) is 36.4 Å². The number of para-hydroxylation sites is 1. The fraction of sp³-hybridized carbons (Fsp3) is 0.357. The zero-order chi connectivity index (χ0) is 11.9. The minimum atomic E-state index is 0.919. The van der Waals surface area contributed by atoms with E-state index in [4.69, 9.17) is 4.99 Å². The molecule has 1 heterocycles. The van der Waals surface area contributed by atoms with Crippen LogP contribution in [0.15, 0.2) is 48.0 Å². The quantitative estimate of drug-likeness (QED) is 0.459. The molecular formula is C14H18N2S. The van der Waals surface area contributed by atoms with E-state index in [1.165, 1.54) is 12.8 Å². The van der Waals surface area contributed by atoms with Crippen LogP contribution in [-0.2, 0) is 0 Å². The van der Waals surface area contributed by atoms with Gasteiger partial charge in [-0.15, -0.1) is 6.58 Å². The molecule has 2 rings (SSSR count). The maximum Gasteiger partial charge on any atom is 0.164 e. The van der Waals surface area contributed by atoms with Crippen molar-refractivity contribution < 1.29 is 0 Å². The first kappa shape index (κ1) is 12.2. The molecule has 0 aromatic heterocycles. The van der Waals surface area contributed by atoms with Gasteiger partial charge in [-0.2, -0.15) is 0 Å². The van der Waals surface area contributed by atoms with Gasteiger partial charge in [-0.1, -0.05) is 36.0 Å². The van der Waals surface area contributed by atoms with E-state index in [-0.39, 0.29) is 0 Å². The van der Waals surface area contributed by atoms with Gasteiger partial charge in [-0.25, -0.2) is 4.99 Å². The van der Waals surface area contributed by atoms with E-state index >= 15 is 0 Å². The Kier molecular flexibility index (Phi) is 4.68. The first-order chi connectivity index (χ1) is 8.40. The minimum absolute atomic E-state index is 0.919. The van der Waals surface area contributed by atoms with Crippen molar-refractivity contribution in [1.82, 2.24) is 4.90 Å². The zero-order valence-corrected chi connectivity index (χ0v) is 10.8. The Balaban J connectivity index is 2.13. The van der Waals surface area contributed by atoms with Crippen molar-refractivity contribution in [3.63, 3.8) is 0 Å². The maximum atomic E-state index is 4.74. The summed E-state index contributed by atoms with van der Waals surface area (Å²) in [7, 11) is 0. The number of nitrogens with zero attached hydrogens (tertiary/aromatic N) is 2. The van der Waals surface area contributed by atoms with Crippen LogP contribution in [0.4, 0.5) is 5.69 Å². The second kappa shape index (κ2) is 6.50. The molecule has 1 aliphatic rings. The molecule has 1 saturated heterocycles. The first-order valence-electron chi connectivity index (χ1n) is 6.02. The number of aliphatic imine (C=N–C) groups is 1. The van der Waals surface area contributed by atoms with Gasteiger partial charge in [0.25, 0.3) is 0 Å². The molecule has 0 radical (unpaired) electrons. The van der Waals surface area contributed by atoms with Crippen molar-refractivity contribution in [1.29, 1.82) is 0 Å². The highest BCUT2D eigenvalue weighted by Crippen LogP contribution is 2.20. The highest BCUT2D eigenvalue weighted by molar-refractivity contribution is 8.13. The summed E-state index contributed by atoms with van der Waals surface area (Å²) in [6, 6.07) is 10.2. The number of likely N-dealkylation sites (tertiary alicyclic amines) is 1. The van der Waals surface area contributed by atoms with Gasteiger partial charge in [0.1, 0.15) is 0 Å². The molecule has 17 heavy (non-hydrogen) atoms. The minimum Gasteiger partial charge on any atom is -0.351 e. The number of hydrogen-bond acceptors (Lipinski definition) is 2. The van der Waals surface area contributed by atoms with Gasteiger partial charge < -0.3 is 4.90 Å². The summed E-state index contributed by atoms with van der Waals surface area (Å²) in [5.41, 5.74) is 1.03. The fourth-order valence-electron chi connectivity index (χ4n) is 1.85. The summed E-state index contributed by atoms with van der Waals surface area (Å²) in [5.74, 6) is 0.919. The Morgan fingerprint density at radius 2 is 2.00 bits per heavy atom. The third-order valence-corrected chi connectivity index (χ3v) is 3.70. The summed E-state index contributed by atoms with van der Waals surface area (Å²) in [5, 5.41) is 1.13. The smallest absolute Gasteiger partial charge is 0.164 e. The van der Waals surface area contributed by atoms with E-state index in [2.05, 4.69) is 11.5 Å². The molecule has 1 aromatic carbocycles. The summed E-state index contributed by atoms with van der Waals surface area (Å²) >= 11 is 1.77. The van der Waals surface area contributed by atoms with Crippen LogP contribution in [0.25, 0.3) is 0 Å². The Bertz CT molecular complexity index is 380. The summed E-state index contributed by atoms with van der Waals surface area (Å²) < 4.78 is 0. The molecule has 0 atom stereocenters. The van der Waals surface area contributed by atoms with Gasteiger partial charge in [0.15, 0.2) is 5.17 Å². The summed E-state index contributed by atoms with van der Waals surface area (Å²) in [6.07, 6.45) is 4.49. The second-order valence-electron chi connectivity index (χ2n) is 4.02. The standard InChI is InChI=1S/C14H18N2S/c1-2-12-17-14(16-10-6-7-11-16)15-13-8-4-3-5-9-13/h2-5,8-9H,1,6-7,10-12H2. The van der Waals surface area contributed by atoms with E-state index in [9.17, 15) is 0 Å². The topological polar surface area (TPSA) is 15.6 Å². The lowest BCUT2D eigenvalue weighted by Gasteiger charge is -2.18. The highest BCUT2D eigenvalue weighted by atomic mass is 32.2. The predicted octanol–water partition coefficient (Wildman–Crippen LogP) is 3.69. The lowest BCUT2D eigenvalue weighted by molar-refractivity contribution is 0.530. The van der Waals surface area contributed by atoms with E-state index in [1.54, 1.807) is 11.8 Å². The molecule has 0 saturated carbocycles. The lowest BCUT2D eigenvalue weighted by atomic mass is 10.3. The van der Waals surface area contributed by atoms with Gasteiger partial charge in [0.2, 0.25) is 0 Å². The molecule has 1 fully saturated rings. The van der Waals surface area contributed by atoms with Crippen LogP contribution in [0.1, 0.15) is 12.8 Å². The Morgan fingerprint density at radius 1 is 1.29 bits per heavy atom. The highest BCUT2D eigenvalue weighted by Gasteiger charge is 2.16. The van der Waals surface area contributed by atoms with Gasteiger partial charge in [0.05, 0.1) is 5.69 Å². The molecule has 0 bridgehead atoms. The number of amidine groups is 1. The molecular weight excluding hydrogens is 228 g/mol. The van der Waals surface area contributed by atoms with Crippen LogP contribution < -0.4 is 0 Å². The van der Waals surface area contributed by atoms with Crippen molar-refractivity contribution in [2.24, 2.45) is 4.99 Å². The molecule has 90 valence electrons. The van der Waals surface area contributed by atoms with Gasteiger partial charge in [-0.3, -0.25) is 0 Å². The molecule has 1 aliphatic heterocycles. The molecule has 0 amide bonds. The number of hydrogen-bond donors (Lipinski definition) is 0. The van der Waals surface area contributed by atoms with Crippen molar-refractivity contribution in [2.75, 3.05) is 18.8 Å². The van der Waals surface area contributed by atoms with Crippen LogP contribution in [0.2, 0.25) is 0 Å². The average molecular weight is 246 g/mol. The van der Waals surface area contributed by atoms with Crippen molar-refractivity contribution >= 4 is 22.6 Å². The lowest BCUT2D eigenvalue weighted by Crippen LogP contribution is -2.25. The van der Waals surface area contributed by atoms with Crippen LogP contribution >= 0.6 is 11.8 Å². The number of thioether (sulfide) groups is 1. The van der Waals surface area contributed by atoms with E-state index < -0.39 is 0 Å². The molecule has 0 unspecified atom stereocenters. The van der Waals surface area contributed by atoms with Gasteiger partial charge in [-0.05, 0) is 25.0 Å². The van der Waals surface area contributed by atoms with Crippen LogP contribution in [0, 0.1) is 0 Å². The third kappa shape index (κ3) is 3.63. The predicted molar refractivity (Wildman–Crippen MR) is 77.0 cm³/mol. The largest absolute Gasteiger partial charge is 0.351 e. The SMILES string of the molecule is C=CCSC(=Nc1ccccc1)N1CCCC1. The monoisotopic (exact) mass is 246 g/mol. The van der Waals surface area contributed by atoms with Crippen LogP contribution in [0.3, 0.4) is 0 Å². The Labute approximate surface area is 107 Å². The Hall–Kier alpha value is -1.22. The van der Waals surface area contributed by atoms with Crippen molar-refractivity contribution in [2.45, 2.75) is 12.8 Å². The van der Waals surface area contributed by atoms with Gasteiger partial charge in [0, 0.05) is 18.8 Å². The van der Waals surface area contributed by atoms with Crippen LogP contribution in [-0.4, -0.2) is 28.9 Å². The first-order valence-corrected chi connectivity index (χ1v) is 7.01. The van der Waals surface area contributed by atoms with Crippen LogP contribution in [0.5, 0.6) is 0 Å². The number of rotatable bonds is 3. The molecule has 2 nitrogen and oxygen atoms in total. The van der Waals surface area contributed by atoms with Gasteiger partial charge >= 0.3 is 0 Å². The molecule has 3 heteroatoms. The Morgan fingerprint density at radius 3 is 2.65 bits per heavy atom. The zero-order valence-electron chi connectivity index (χ0n) is 10.0. The molecule has 0 aliphatic carbocycles. The van der Waals surface area contributed by atoms with E-state index in [0.29, 0.717) is 0 Å². The normalized spacial score (nSPS) is 16.2. The molecule has 1 aromatic rings. The summed E-state index contributed by atoms with van der Waals surface area (Å²) in [6.45, 7) is 6.04. The molecule has 0 spiro atoms. The second-order valence-corrected chi connectivity index (χ2v) is 5.01. The molecule has 0 N–H and O–H groups in total. The van der Waals surface area contributed by atoms with Crippen molar-refractivity contribution in [3.8, 4) is 0 Å². The van der Waals surface area contributed by atoms with E-state index in [0.717, 1.165) is 29.7 Å². The maximum absolute atomic E-state index is 4.74. The van der Waals surface area contributed by atoms with Crippen molar-refractivity contribution in [3.05, 3.63) is 43.0 Å². The fourth-order valence-corrected chi connectivity index (χ4v) is 2.65. The average Bonchev–Trinajstić information content (AvgIpc) is 2.89. The third-order valence-electron chi connectivity index (χ3n) is 2.69. The number of benzene rings is 1. The summed E-state index contributed by atoms with van der Waals surface area (Å²) in [4.78, 5) is 7.11.